The summed E-state index contributed by atoms with van der Waals surface area (Å²) in [4.78, 5) is 12.9. The van der Waals surface area contributed by atoms with Gasteiger partial charge in [-0.25, -0.2) is 0 Å². The number of carbonyl (C=O) groups excluding carboxylic acids is 1. The summed E-state index contributed by atoms with van der Waals surface area (Å²) in [6, 6.07) is 20.9. The zero-order valence-corrected chi connectivity index (χ0v) is 19.9. The Morgan fingerprint density at radius 1 is 1.11 bits per heavy atom. The Kier molecular flexibility index (Phi) is 7.07. The van der Waals surface area contributed by atoms with Crippen molar-refractivity contribution >= 4 is 11.6 Å². The number of H-pyrrole nitrogens is 1. The molecule has 1 unspecified atom stereocenters. The number of hydrogen-bond acceptors (Lipinski definition) is 7. The molecular weight excluding hydrogens is 458 g/mol. The first-order valence-electron chi connectivity index (χ1n) is 12.0. The molecule has 3 aromatic carbocycles. The molecule has 36 heavy (non-hydrogen) atoms. The lowest BCUT2D eigenvalue weighted by Crippen LogP contribution is -2.24. The van der Waals surface area contributed by atoms with Gasteiger partial charge in [0.25, 0.3) is 5.91 Å². The van der Waals surface area contributed by atoms with Crippen LogP contribution in [-0.4, -0.2) is 33.1 Å². The lowest BCUT2D eigenvalue weighted by Gasteiger charge is -2.26. The molecule has 1 amide bonds. The molecule has 9 heteroatoms. The van der Waals surface area contributed by atoms with E-state index in [4.69, 9.17) is 14.2 Å². The summed E-state index contributed by atoms with van der Waals surface area (Å²) in [5.41, 5.74) is 3.44. The number of nitrogens with zero attached hydrogens (tertiary/aromatic N) is 3. The summed E-state index contributed by atoms with van der Waals surface area (Å²) in [5, 5.41) is 16.8. The van der Waals surface area contributed by atoms with Crippen LogP contribution < -0.4 is 19.5 Å². The van der Waals surface area contributed by atoms with Crippen LogP contribution in [-0.2, 0) is 13.0 Å². The van der Waals surface area contributed by atoms with Gasteiger partial charge in [0.2, 0.25) is 5.82 Å². The van der Waals surface area contributed by atoms with Gasteiger partial charge in [-0.1, -0.05) is 48.9 Å². The highest BCUT2D eigenvalue weighted by Gasteiger charge is 2.28. The molecule has 1 aliphatic heterocycles. The van der Waals surface area contributed by atoms with Crippen LogP contribution in [0.4, 0.5) is 5.69 Å². The van der Waals surface area contributed by atoms with Crippen molar-refractivity contribution in [3.8, 4) is 17.2 Å². The average molecular weight is 486 g/mol. The lowest BCUT2D eigenvalue weighted by molar-refractivity contribution is 0.0856. The summed E-state index contributed by atoms with van der Waals surface area (Å²) in [5.74, 6) is 1.76. The SMILES string of the molecule is CCCCc1cccc(COc2ccc(C(=O)Nc3cccc4c3OC(c3nn[nH]n3)CO4)cc2)c1. The maximum absolute atomic E-state index is 12.9. The van der Waals surface area contributed by atoms with E-state index < -0.39 is 6.10 Å². The molecular formula is C27H27N5O4. The van der Waals surface area contributed by atoms with Gasteiger partial charge < -0.3 is 19.5 Å². The number of rotatable bonds is 9. The average Bonchev–Trinajstić information content (AvgIpc) is 3.46. The molecule has 2 N–H and O–H groups in total. The fourth-order valence-electron chi connectivity index (χ4n) is 3.94. The van der Waals surface area contributed by atoms with Gasteiger partial charge >= 0.3 is 0 Å². The van der Waals surface area contributed by atoms with Crippen molar-refractivity contribution < 1.29 is 19.0 Å². The van der Waals surface area contributed by atoms with Crippen molar-refractivity contribution in [1.29, 1.82) is 0 Å². The van der Waals surface area contributed by atoms with Crippen LogP contribution in [0.3, 0.4) is 0 Å². The van der Waals surface area contributed by atoms with E-state index in [0.717, 1.165) is 12.0 Å². The minimum atomic E-state index is -0.530. The Hall–Kier alpha value is -4.40. The summed E-state index contributed by atoms with van der Waals surface area (Å²) in [7, 11) is 0. The Labute approximate surface area is 208 Å². The largest absolute Gasteiger partial charge is 0.489 e. The quantitative estimate of drug-likeness (QED) is 0.347. The number of nitrogens with one attached hydrogen (secondary N) is 2. The Bertz CT molecular complexity index is 1310. The maximum Gasteiger partial charge on any atom is 0.255 e. The Morgan fingerprint density at radius 2 is 1.94 bits per heavy atom. The fraction of sp³-hybridized carbons (Fsp3) is 0.259. The normalized spacial score (nSPS) is 14.3. The lowest BCUT2D eigenvalue weighted by atomic mass is 10.1. The molecule has 0 aliphatic carbocycles. The van der Waals surface area contributed by atoms with Crippen molar-refractivity contribution in [3.05, 3.63) is 89.2 Å². The summed E-state index contributed by atoms with van der Waals surface area (Å²) >= 11 is 0. The number of aryl methyl sites for hydroxylation is 1. The molecule has 0 fully saturated rings. The second kappa shape index (κ2) is 10.9. The molecule has 2 heterocycles. The van der Waals surface area contributed by atoms with E-state index in [1.165, 1.54) is 18.4 Å². The highest BCUT2D eigenvalue weighted by atomic mass is 16.6. The smallest absolute Gasteiger partial charge is 0.255 e. The number of para-hydroxylation sites is 1. The van der Waals surface area contributed by atoms with E-state index in [1.807, 2.05) is 0 Å². The van der Waals surface area contributed by atoms with E-state index in [2.05, 4.69) is 57.1 Å². The van der Waals surface area contributed by atoms with Crippen LogP contribution in [0, 0.1) is 0 Å². The van der Waals surface area contributed by atoms with Gasteiger partial charge in [-0.2, -0.15) is 5.21 Å². The number of fused-ring (bicyclic) bond motifs is 1. The molecule has 0 bridgehead atoms. The highest BCUT2D eigenvalue weighted by Crippen LogP contribution is 2.41. The zero-order chi connectivity index (χ0) is 24.7. The van der Waals surface area contributed by atoms with Crippen molar-refractivity contribution in [1.82, 2.24) is 20.6 Å². The number of tetrazole rings is 1. The van der Waals surface area contributed by atoms with Gasteiger partial charge in [0.15, 0.2) is 17.6 Å². The molecule has 0 radical (unpaired) electrons. The third kappa shape index (κ3) is 5.46. The molecule has 5 rings (SSSR count). The van der Waals surface area contributed by atoms with Crippen LogP contribution in [0.5, 0.6) is 17.2 Å². The standard InChI is InChI=1S/C27H27N5O4/c1-2-3-6-18-7-4-8-19(15-18)16-34-21-13-11-20(12-14-21)27(33)28-22-9-5-10-23-25(22)36-24(17-35-23)26-29-31-32-30-26/h4-5,7-15,24H,2-3,6,16-17H2,1H3,(H,28,33)(H,29,30,31,32). The van der Waals surface area contributed by atoms with Crippen LogP contribution in [0.2, 0.25) is 0 Å². The predicted molar refractivity (Wildman–Crippen MR) is 133 cm³/mol. The molecule has 0 spiro atoms. The molecule has 0 saturated heterocycles. The number of aromatic nitrogens is 4. The number of anilines is 1. The highest BCUT2D eigenvalue weighted by molar-refractivity contribution is 6.05. The Balaban J connectivity index is 1.21. The molecule has 4 aromatic rings. The first kappa shape index (κ1) is 23.3. The first-order valence-corrected chi connectivity index (χ1v) is 12.0. The molecule has 1 atom stereocenters. The molecule has 1 aliphatic rings. The molecule has 1 aromatic heterocycles. The molecule has 9 nitrogen and oxygen atoms in total. The maximum atomic E-state index is 12.9. The minimum absolute atomic E-state index is 0.244. The van der Waals surface area contributed by atoms with Crippen LogP contribution in [0.15, 0.2) is 66.7 Å². The van der Waals surface area contributed by atoms with Gasteiger partial charge in [0.05, 0.1) is 5.69 Å². The number of ether oxygens (including phenoxy) is 3. The molecule has 0 saturated carbocycles. The second-order valence-electron chi connectivity index (χ2n) is 8.51. The van der Waals surface area contributed by atoms with Crippen LogP contribution >= 0.6 is 0 Å². The van der Waals surface area contributed by atoms with E-state index >= 15 is 0 Å². The topological polar surface area (TPSA) is 111 Å². The van der Waals surface area contributed by atoms with Crippen molar-refractivity contribution in [2.45, 2.75) is 38.9 Å². The third-order valence-corrected chi connectivity index (χ3v) is 5.86. The van der Waals surface area contributed by atoms with Gasteiger partial charge in [-0.05, 0) is 60.4 Å². The predicted octanol–water partition coefficient (Wildman–Crippen LogP) is 4.89. The van der Waals surface area contributed by atoms with Gasteiger partial charge in [0, 0.05) is 5.56 Å². The third-order valence-electron chi connectivity index (χ3n) is 5.86. The van der Waals surface area contributed by atoms with E-state index in [9.17, 15) is 4.79 Å². The summed E-state index contributed by atoms with van der Waals surface area (Å²) in [6.07, 6.45) is 2.90. The van der Waals surface area contributed by atoms with Gasteiger partial charge in [0.1, 0.15) is 19.0 Å². The number of aromatic amines is 1. The van der Waals surface area contributed by atoms with Gasteiger partial charge in [-0.3, -0.25) is 4.79 Å². The number of benzene rings is 3. The van der Waals surface area contributed by atoms with E-state index in [-0.39, 0.29) is 12.5 Å². The minimum Gasteiger partial charge on any atom is -0.489 e. The fourth-order valence-corrected chi connectivity index (χ4v) is 3.94. The Morgan fingerprint density at radius 3 is 2.75 bits per heavy atom. The van der Waals surface area contributed by atoms with Crippen molar-refractivity contribution in [3.63, 3.8) is 0 Å². The monoisotopic (exact) mass is 485 g/mol. The second-order valence-corrected chi connectivity index (χ2v) is 8.51. The molecule has 184 valence electrons. The number of amides is 1. The van der Waals surface area contributed by atoms with Gasteiger partial charge in [-0.15, -0.1) is 10.2 Å². The van der Waals surface area contributed by atoms with Crippen molar-refractivity contribution in [2.75, 3.05) is 11.9 Å². The summed E-state index contributed by atoms with van der Waals surface area (Å²) < 4.78 is 17.7. The van der Waals surface area contributed by atoms with Crippen molar-refractivity contribution in [2.24, 2.45) is 0 Å². The number of hydrogen-bond donors (Lipinski definition) is 2. The van der Waals surface area contributed by atoms with Crippen LogP contribution in [0.1, 0.15) is 53.2 Å². The number of unbranched alkanes of at least 4 members (excludes halogenated alkanes) is 1. The van der Waals surface area contributed by atoms with E-state index in [1.54, 1.807) is 42.5 Å². The zero-order valence-electron chi connectivity index (χ0n) is 19.9. The van der Waals surface area contributed by atoms with E-state index in [0.29, 0.717) is 40.9 Å². The summed E-state index contributed by atoms with van der Waals surface area (Å²) in [6.45, 7) is 2.91. The first-order chi connectivity index (χ1) is 17.7. The number of carbonyl (C=O) groups is 1. The van der Waals surface area contributed by atoms with Crippen LogP contribution in [0.25, 0.3) is 0 Å².